The van der Waals surface area contributed by atoms with Crippen LogP contribution in [0.1, 0.15) is 23.2 Å². The van der Waals surface area contributed by atoms with Crippen LogP contribution in [0, 0.1) is 5.92 Å². The zero-order valence-corrected chi connectivity index (χ0v) is 12.8. The first-order valence-electron chi connectivity index (χ1n) is 6.04. The number of carbonyl (C=O) groups excluding carboxylic acids is 1. The third-order valence-electron chi connectivity index (χ3n) is 3.12. The summed E-state index contributed by atoms with van der Waals surface area (Å²) < 4.78 is 0.371. The van der Waals surface area contributed by atoms with Crippen molar-refractivity contribution >= 4 is 34.2 Å². The molecule has 0 radical (unpaired) electrons. The molecule has 1 aromatic rings. The molecule has 2 rings (SSSR count). The summed E-state index contributed by atoms with van der Waals surface area (Å²) in [6.45, 7) is 2.79. The Morgan fingerprint density at radius 1 is 1.53 bits per heavy atom. The minimum Gasteiger partial charge on any atom is -0.352 e. The van der Waals surface area contributed by atoms with Gasteiger partial charge in [0, 0.05) is 12.7 Å². The number of carbonyl (C=O) groups is 1. The summed E-state index contributed by atoms with van der Waals surface area (Å²) in [6.07, 6.45) is 3.60. The van der Waals surface area contributed by atoms with Gasteiger partial charge in [0.1, 0.15) is 0 Å². The van der Waals surface area contributed by atoms with Crippen LogP contribution in [0.25, 0.3) is 0 Å². The van der Waals surface area contributed by atoms with E-state index >= 15 is 0 Å². The Bertz CT molecular complexity index is 486. The van der Waals surface area contributed by atoms with Crippen LogP contribution in [0.15, 0.2) is 21.5 Å². The maximum absolute atomic E-state index is 11.8. The van der Waals surface area contributed by atoms with Crippen LogP contribution in [0.3, 0.4) is 0 Å². The number of hydrogen-bond donors (Lipinski definition) is 3. The topological polar surface area (TPSA) is 74.0 Å². The highest BCUT2D eigenvalue weighted by molar-refractivity contribution is 9.10. The van der Waals surface area contributed by atoms with Gasteiger partial charge in [-0.1, -0.05) is 0 Å². The second-order valence-corrected chi connectivity index (χ2v) is 5.32. The van der Waals surface area contributed by atoms with Gasteiger partial charge in [0.05, 0.1) is 10.0 Å². The number of H-pyrrole nitrogens is 1. The average molecular weight is 351 g/mol. The van der Waals surface area contributed by atoms with Gasteiger partial charge < -0.3 is 15.6 Å². The van der Waals surface area contributed by atoms with Crippen LogP contribution < -0.4 is 16.2 Å². The van der Waals surface area contributed by atoms with Crippen LogP contribution >= 0.6 is 28.3 Å². The SMILES string of the molecule is Cl.O=C(NCCC1CCNC1)c1c[nH]c(=O)c(Br)c1. The van der Waals surface area contributed by atoms with E-state index in [9.17, 15) is 9.59 Å². The molecule has 1 aromatic heterocycles. The summed E-state index contributed by atoms with van der Waals surface area (Å²) in [5, 5.41) is 6.16. The fourth-order valence-corrected chi connectivity index (χ4v) is 2.40. The molecule has 1 amide bonds. The highest BCUT2D eigenvalue weighted by Crippen LogP contribution is 2.11. The summed E-state index contributed by atoms with van der Waals surface area (Å²) in [4.78, 5) is 25.5. The zero-order valence-electron chi connectivity index (χ0n) is 10.4. The van der Waals surface area contributed by atoms with E-state index in [-0.39, 0.29) is 23.9 Å². The first-order chi connectivity index (χ1) is 8.66. The van der Waals surface area contributed by atoms with E-state index in [1.54, 1.807) is 0 Å². The summed E-state index contributed by atoms with van der Waals surface area (Å²) in [7, 11) is 0. The normalized spacial score (nSPS) is 17.8. The smallest absolute Gasteiger partial charge is 0.262 e. The van der Waals surface area contributed by atoms with Crippen molar-refractivity contribution in [3.8, 4) is 0 Å². The van der Waals surface area contributed by atoms with Crippen LogP contribution in [0.2, 0.25) is 0 Å². The van der Waals surface area contributed by atoms with Crippen molar-refractivity contribution in [3.05, 3.63) is 32.7 Å². The number of halogens is 2. The molecule has 1 unspecified atom stereocenters. The van der Waals surface area contributed by atoms with Crippen LogP contribution in [-0.2, 0) is 0 Å². The minimum absolute atomic E-state index is 0. The molecule has 0 bridgehead atoms. The van der Waals surface area contributed by atoms with Gasteiger partial charge in [-0.25, -0.2) is 0 Å². The van der Waals surface area contributed by atoms with Crippen LogP contribution in [-0.4, -0.2) is 30.5 Å². The number of aromatic nitrogens is 1. The van der Waals surface area contributed by atoms with Crippen LogP contribution in [0.5, 0.6) is 0 Å². The summed E-state index contributed by atoms with van der Waals surface area (Å²) in [5.74, 6) is 0.505. The van der Waals surface area contributed by atoms with Gasteiger partial charge in [-0.2, -0.15) is 0 Å². The molecular weight excluding hydrogens is 334 g/mol. The van der Waals surface area contributed by atoms with Crippen molar-refractivity contribution in [3.63, 3.8) is 0 Å². The van der Waals surface area contributed by atoms with Crippen molar-refractivity contribution in [2.75, 3.05) is 19.6 Å². The molecule has 2 heterocycles. The molecule has 1 fully saturated rings. The number of aromatic amines is 1. The lowest BCUT2D eigenvalue weighted by atomic mass is 10.1. The predicted octanol–water partition coefficient (Wildman–Crippen LogP) is 1.29. The maximum atomic E-state index is 11.8. The molecule has 1 saturated heterocycles. The molecule has 0 saturated carbocycles. The monoisotopic (exact) mass is 349 g/mol. The van der Waals surface area contributed by atoms with Gasteiger partial charge >= 0.3 is 0 Å². The molecule has 1 aliphatic rings. The molecule has 0 aromatic carbocycles. The number of rotatable bonds is 4. The van der Waals surface area contributed by atoms with E-state index in [0.29, 0.717) is 22.5 Å². The van der Waals surface area contributed by atoms with Crippen molar-refractivity contribution < 1.29 is 4.79 Å². The standard InChI is InChI=1S/C12H16BrN3O2.ClH/c13-10-5-9(7-16-12(10)18)11(17)15-4-2-8-1-3-14-6-8;/h5,7-8,14H,1-4,6H2,(H,15,17)(H,16,18);1H. The van der Waals surface area contributed by atoms with Crippen molar-refractivity contribution in [2.24, 2.45) is 5.92 Å². The lowest BCUT2D eigenvalue weighted by Gasteiger charge is -2.09. The molecule has 1 atom stereocenters. The summed E-state index contributed by atoms with van der Waals surface area (Å²) >= 11 is 3.10. The molecule has 1 aliphatic heterocycles. The van der Waals surface area contributed by atoms with Gasteiger partial charge in [-0.15, -0.1) is 12.4 Å². The van der Waals surface area contributed by atoms with Gasteiger partial charge in [-0.3, -0.25) is 9.59 Å². The molecule has 3 N–H and O–H groups in total. The van der Waals surface area contributed by atoms with E-state index in [4.69, 9.17) is 0 Å². The third-order valence-corrected chi connectivity index (χ3v) is 3.71. The second-order valence-electron chi connectivity index (χ2n) is 4.47. The van der Waals surface area contributed by atoms with E-state index < -0.39 is 0 Å². The van der Waals surface area contributed by atoms with Gasteiger partial charge in [0.25, 0.3) is 11.5 Å². The van der Waals surface area contributed by atoms with E-state index in [1.807, 2.05) is 0 Å². The first kappa shape index (κ1) is 16.2. The molecule has 19 heavy (non-hydrogen) atoms. The van der Waals surface area contributed by atoms with Crippen molar-refractivity contribution in [1.29, 1.82) is 0 Å². The Labute approximate surface area is 126 Å². The molecule has 106 valence electrons. The number of amides is 1. The fourth-order valence-electron chi connectivity index (χ4n) is 2.04. The quantitative estimate of drug-likeness (QED) is 0.766. The number of nitrogens with one attached hydrogen (secondary N) is 3. The second kappa shape index (κ2) is 7.67. The number of hydrogen-bond acceptors (Lipinski definition) is 3. The largest absolute Gasteiger partial charge is 0.352 e. The Morgan fingerprint density at radius 3 is 2.95 bits per heavy atom. The molecule has 7 heteroatoms. The molecule has 0 spiro atoms. The van der Waals surface area contributed by atoms with E-state index in [0.717, 1.165) is 19.5 Å². The first-order valence-corrected chi connectivity index (χ1v) is 6.83. The molecule has 5 nitrogen and oxygen atoms in total. The minimum atomic E-state index is -0.233. The van der Waals surface area contributed by atoms with Crippen LogP contribution in [0.4, 0.5) is 0 Å². The fraction of sp³-hybridized carbons (Fsp3) is 0.500. The van der Waals surface area contributed by atoms with Crippen molar-refractivity contribution in [2.45, 2.75) is 12.8 Å². The number of pyridine rings is 1. The lowest BCUT2D eigenvalue weighted by Crippen LogP contribution is -2.27. The highest BCUT2D eigenvalue weighted by atomic mass is 79.9. The third kappa shape index (κ3) is 4.63. The Hall–Kier alpha value is -0.850. The predicted molar refractivity (Wildman–Crippen MR) is 79.9 cm³/mol. The average Bonchev–Trinajstić information content (AvgIpc) is 2.85. The van der Waals surface area contributed by atoms with Gasteiger partial charge in [0.2, 0.25) is 0 Å². The van der Waals surface area contributed by atoms with E-state index in [2.05, 4.69) is 31.5 Å². The highest BCUT2D eigenvalue weighted by Gasteiger charge is 2.14. The maximum Gasteiger partial charge on any atom is 0.262 e. The Balaban J connectivity index is 0.00000180. The Morgan fingerprint density at radius 2 is 2.32 bits per heavy atom. The Kier molecular flexibility index (Phi) is 6.54. The lowest BCUT2D eigenvalue weighted by molar-refractivity contribution is 0.0951. The van der Waals surface area contributed by atoms with Gasteiger partial charge in [-0.05, 0) is 53.8 Å². The van der Waals surface area contributed by atoms with E-state index in [1.165, 1.54) is 18.7 Å². The van der Waals surface area contributed by atoms with Gasteiger partial charge in [0.15, 0.2) is 0 Å². The molecular formula is C12H17BrClN3O2. The zero-order chi connectivity index (χ0) is 13.0. The molecule has 0 aliphatic carbocycles. The summed E-state index contributed by atoms with van der Waals surface area (Å²) in [6, 6.07) is 1.53. The summed E-state index contributed by atoms with van der Waals surface area (Å²) in [5.41, 5.74) is 0.231. The van der Waals surface area contributed by atoms with Crippen molar-refractivity contribution in [1.82, 2.24) is 15.6 Å².